The lowest BCUT2D eigenvalue weighted by atomic mass is 10.3. The number of hydrogen-bond donors (Lipinski definition) is 2. The second kappa shape index (κ2) is 9.87. The van der Waals surface area contributed by atoms with Crippen LogP contribution >= 0.6 is 39.3 Å². The first kappa shape index (κ1) is 22.7. The highest BCUT2D eigenvalue weighted by Gasteiger charge is 2.17. The summed E-state index contributed by atoms with van der Waals surface area (Å²) >= 11 is 10.6. The summed E-state index contributed by atoms with van der Waals surface area (Å²) in [6.45, 7) is 1.80. The number of halogens is 2. The molecule has 0 aliphatic carbocycles. The molecule has 1 amide bonds. The smallest absolute Gasteiger partial charge is 0.261 e. The van der Waals surface area contributed by atoms with E-state index in [0.717, 1.165) is 9.37 Å². The van der Waals surface area contributed by atoms with E-state index in [1.165, 1.54) is 23.9 Å². The van der Waals surface area contributed by atoms with E-state index < -0.39 is 10.0 Å². The van der Waals surface area contributed by atoms with Gasteiger partial charge in [0.1, 0.15) is 0 Å². The molecule has 0 radical (unpaired) electrons. The summed E-state index contributed by atoms with van der Waals surface area (Å²) in [5.41, 5.74) is 0.981. The number of nitrogens with one attached hydrogen (secondary N) is 2. The second-order valence-corrected chi connectivity index (χ2v) is 10.8. The normalized spacial score (nSPS) is 12.2. The van der Waals surface area contributed by atoms with Crippen LogP contribution in [0.4, 0.5) is 11.4 Å². The van der Waals surface area contributed by atoms with Gasteiger partial charge in [-0.3, -0.25) is 9.52 Å². The predicted octanol–water partition coefficient (Wildman–Crippen LogP) is 6.02. The lowest BCUT2D eigenvalue weighted by Gasteiger charge is -2.13. The number of hydrogen-bond acceptors (Lipinski definition) is 4. The van der Waals surface area contributed by atoms with Crippen molar-refractivity contribution in [2.75, 3.05) is 10.0 Å². The fourth-order valence-corrected chi connectivity index (χ4v) is 4.78. The maximum absolute atomic E-state index is 12.5. The molecule has 9 heteroatoms. The summed E-state index contributed by atoms with van der Waals surface area (Å²) in [5, 5.41) is 3.10. The summed E-state index contributed by atoms with van der Waals surface area (Å²) < 4.78 is 28.4. The highest BCUT2D eigenvalue weighted by atomic mass is 79.9. The Morgan fingerprint density at radius 2 is 1.50 bits per heavy atom. The number of carbonyl (C=O) groups excluding carboxylic acids is 1. The standard InChI is InChI=1S/C21H18BrClN2O3S2/c1-14(29-19-10-4-16(23)5-11-19)21(26)24-17-8-12-20(13-9-17)30(27,28)25-18-6-2-15(22)3-7-18/h2-14,25H,1H3,(H,24,26)/t14-/m0/s1. The van der Waals surface area contributed by atoms with Crippen LogP contribution in [0.5, 0.6) is 0 Å². The SMILES string of the molecule is C[C@H](Sc1ccc(Cl)cc1)C(=O)Nc1ccc(S(=O)(=O)Nc2ccc(Br)cc2)cc1. The van der Waals surface area contributed by atoms with Gasteiger partial charge in [0.05, 0.1) is 10.1 Å². The third-order valence-corrected chi connectivity index (χ3v) is 7.31. The van der Waals surface area contributed by atoms with Gasteiger partial charge in [-0.1, -0.05) is 27.5 Å². The van der Waals surface area contributed by atoms with Crippen molar-refractivity contribution in [1.29, 1.82) is 0 Å². The van der Waals surface area contributed by atoms with E-state index in [1.54, 1.807) is 55.5 Å². The Kier molecular flexibility index (Phi) is 7.46. The molecule has 3 aromatic carbocycles. The lowest BCUT2D eigenvalue weighted by Crippen LogP contribution is -2.22. The monoisotopic (exact) mass is 524 g/mol. The van der Waals surface area contributed by atoms with E-state index in [0.29, 0.717) is 16.4 Å². The van der Waals surface area contributed by atoms with Crippen LogP contribution in [0.25, 0.3) is 0 Å². The molecule has 2 N–H and O–H groups in total. The van der Waals surface area contributed by atoms with E-state index in [9.17, 15) is 13.2 Å². The number of benzene rings is 3. The van der Waals surface area contributed by atoms with Crippen molar-refractivity contribution in [2.24, 2.45) is 0 Å². The minimum absolute atomic E-state index is 0.104. The van der Waals surface area contributed by atoms with Gasteiger partial charge in [-0.25, -0.2) is 8.42 Å². The maximum Gasteiger partial charge on any atom is 0.261 e. The van der Waals surface area contributed by atoms with Crippen molar-refractivity contribution in [3.05, 3.63) is 82.3 Å². The zero-order chi connectivity index (χ0) is 21.7. The third-order valence-electron chi connectivity index (χ3n) is 4.02. The van der Waals surface area contributed by atoms with Gasteiger partial charge in [0.2, 0.25) is 5.91 Å². The average Bonchev–Trinajstić information content (AvgIpc) is 2.71. The number of anilines is 2. The molecular formula is C21H18BrClN2O3S2. The highest BCUT2D eigenvalue weighted by Crippen LogP contribution is 2.26. The van der Waals surface area contributed by atoms with Crippen molar-refractivity contribution in [3.8, 4) is 0 Å². The van der Waals surface area contributed by atoms with Gasteiger partial charge < -0.3 is 5.32 Å². The minimum atomic E-state index is -3.72. The Hall–Kier alpha value is -2.00. The van der Waals surface area contributed by atoms with Crippen LogP contribution in [0, 0.1) is 0 Å². The van der Waals surface area contributed by atoms with Crippen LogP contribution in [0.15, 0.2) is 87.1 Å². The molecule has 0 unspecified atom stereocenters. The molecule has 0 heterocycles. The van der Waals surface area contributed by atoms with Crippen LogP contribution in [0.2, 0.25) is 5.02 Å². The quantitative estimate of drug-likeness (QED) is 0.370. The molecule has 0 bridgehead atoms. The Bertz CT molecular complexity index is 1120. The Balaban J connectivity index is 1.62. The molecule has 156 valence electrons. The Labute approximate surface area is 193 Å². The van der Waals surface area contributed by atoms with Gasteiger partial charge in [-0.15, -0.1) is 11.8 Å². The first-order chi connectivity index (χ1) is 14.2. The summed E-state index contributed by atoms with van der Waals surface area (Å²) in [6.07, 6.45) is 0. The van der Waals surface area contributed by atoms with Crippen LogP contribution < -0.4 is 10.0 Å². The predicted molar refractivity (Wildman–Crippen MR) is 127 cm³/mol. The molecule has 30 heavy (non-hydrogen) atoms. The maximum atomic E-state index is 12.5. The van der Waals surface area contributed by atoms with E-state index in [1.807, 2.05) is 12.1 Å². The van der Waals surface area contributed by atoms with E-state index >= 15 is 0 Å². The summed E-state index contributed by atoms with van der Waals surface area (Å²) in [6, 6.07) is 20.1. The zero-order valence-corrected chi connectivity index (χ0v) is 19.8. The molecule has 0 aliphatic rings. The number of amides is 1. The largest absolute Gasteiger partial charge is 0.325 e. The molecule has 1 atom stereocenters. The molecule has 3 aromatic rings. The Morgan fingerprint density at radius 3 is 2.10 bits per heavy atom. The van der Waals surface area contributed by atoms with E-state index in [4.69, 9.17) is 11.6 Å². The van der Waals surface area contributed by atoms with E-state index in [2.05, 4.69) is 26.0 Å². The van der Waals surface area contributed by atoms with Crippen LogP contribution in [-0.2, 0) is 14.8 Å². The average molecular weight is 526 g/mol. The van der Waals surface area contributed by atoms with Crippen molar-refractivity contribution in [3.63, 3.8) is 0 Å². The van der Waals surface area contributed by atoms with Gasteiger partial charge in [0, 0.05) is 25.8 Å². The van der Waals surface area contributed by atoms with E-state index in [-0.39, 0.29) is 16.1 Å². The van der Waals surface area contributed by atoms with Gasteiger partial charge in [-0.2, -0.15) is 0 Å². The van der Waals surface area contributed by atoms with Crippen molar-refractivity contribution >= 4 is 66.6 Å². The van der Waals surface area contributed by atoms with Gasteiger partial charge >= 0.3 is 0 Å². The summed E-state index contributed by atoms with van der Waals surface area (Å²) in [5.74, 6) is -0.182. The molecule has 5 nitrogen and oxygen atoms in total. The third kappa shape index (κ3) is 6.25. The molecule has 0 fully saturated rings. The molecule has 0 saturated heterocycles. The van der Waals surface area contributed by atoms with Gasteiger partial charge in [0.25, 0.3) is 10.0 Å². The lowest BCUT2D eigenvalue weighted by molar-refractivity contribution is -0.115. The molecule has 0 saturated carbocycles. The molecule has 0 aliphatic heterocycles. The number of sulfonamides is 1. The molecular weight excluding hydrogens is 508 g/mol. The van der Waals surface area contributed by atoms with Crippen LogP contribution in [0.3, 0.4) is 0 Å². The fourth-order valence-electron chi connectivity index (χ4n) is 2.46. The number of carbonyl (C=O) groups is 1. The van der Waals surface area contributed by atoms with Gasteiger partial charge in [0.15, 0.2) is 0 Å². The van der Waals surface area contributed by atoms with Crippen molar-refractivity contribution < 1.29 is 13.2 Å². The van der Waals surface area contributed by atoms with Crippen LogP contribution in [0.1, 0.15) is 6.92 Å². The number of thioether (sulfide) groups is 1. The molecule has 3 rings (SSSR count). The fraction of sp³-hybridized carbons (Fsp3) is 0.0952. The zero-order valence-electron chi connectivity index (χ0n) is 15.8. The number of rotatable bonds is 7. The first-order valence-electron chi connectivity index (χ1n) is 8.84. The van der Waals surface area contributed by atoms with Crippen LogP contribution in [-0.4, -0.2) is 19.6 Å². The second-order valence-electron chi connectivity index (χ2n) is 6.34. The molecule has 0 spiro atoms. The molecule has 0 aromatic heterocycles. The summed E-state index contributed by atoms with van der Waals surface area (Å²) in [7, 11) is -3.72. The summed E-state index contributed by atoms with van der Waals surface area (Å²) in [4.78, 5) is 13.5. The topological polar surface area (TPSA) is 75.3 Å². The van der Waals surface area contributed by atoms with Crippen molar-refractivity contribution in [1.82, 2.24) is 0 Å². The van der Waals surface area contributed by atoms with Crippen molar-refractivity contribution in [2.45, 2.75) is 22.0 Å². The highest BCUT2D eigenvalue weighted by molar-refractivity contribution is 9.10. The first-order valence-corrected chi connectivity index (χ1v) is 12.4. The minimum Gasteiger partial charge on any atom is -0.325 e. The Morgan fingerprint density at radius 1 is 0.933 bits per heavy atom. The van der Waals surface area contributed by atoms with Gasteiger partial charge in [-0.05, 0) is 79.7 Å².